The smallest absolute Gasteiger partial charge is 0.269 e. The number of halogens is 1. The molecule has 8 heteroatoms. The van der Waals surface area contributed by atoms with Crippen molar-refractivity contribution >= 4 is 23.4 Å². The van der Waals surface area contributed by atoms with E-state index in [4.69, 9.17) is 16.3 Å². The Morgan fingerprint density at radius 1 is 1.03 bits per heavy atom. The van der Waals surface area contributed by atoms with Crippen molar-refractivity contribution in [3.05, 3.63) is 82.4 Å². The molecule has 3 aromatic rings. The van der Waals surface area contributed by atoms with Crippen LogP contribution in [0, 0.1) is 0 Å². The van der Waals surface area contributed by atoms with E-state index >= 15 is 0 Å². The molecule has 0 fully saturated rings. The number of fused-ring (bicyclic) bond motifs is 1. The van der Waals surface area contributed by atoms with Crippen molar-refractivity contribution in [3.8, 4) is 11.5 Å². The molecule has 4 rings (SSSR count). The zero-order valence-corrected chi connectivity index (χ0v) is 17.6. The highest BCUT2D eigenvalue weighted by molar-refractivity contribution is 6.32. The van der Waals surface area contributed by atoms with Gasteiger partial charge in [-0.25, -0.2) is 4.98 Å². The Bertz CT molecular complexity index is 1140. The number of carbonyl (C=O) groups excluding carboxylic acids is 2. The molecule has 1 unspecified atom stereocenters. The molecule has 0 aliphatic heterocycles. The summed E-state index contributed by atoms with van der Waals surface area (Å²) in [4.78, 5) is 32.4. The number of carbonyl (C=O) groups is 2. The molecular weight excluding hydrogens is 416 g/mol. The van der Waals surface area contributed by atoms with E-state index in [0.29, 0.717) is 23.5 Å². The molecule has 1 atom stereocenters. The fourth-order valence-electron chi connectivity index (χ4n) is 3.60. The Hall–Kier alpha value is -3.45. The zero-order valence-electron chi connectivity index (χ0n) is 16.9. The van der Waals surface area contributed by atoms with Gasteiger partial charge in [0.1, 0.15) is 22.3 Å². The summed E-state index contributed by atoms with van der Waals surface area (Å²) >= 11 is 6.04. The third-order valence-corrected chi connectivity index (χ3v) is 5.47. The number of hydrogen-bond donors (Lipinski definition) is 2. The van der Waals surface area contributed by atoms with Crippen LogP contribution >= 0.6 is 11.6 Å². The van der Waals surface area contributed by atoms with Crippen LogP contribution in [0.15, 0.2) is 54.9 Å². The molecule has 1 aliphatic rings. The molecule has 0 spiro atoms. The molecule has 2 N–H and O–H groups in total. The van der Waals surface area contributed by atoms with Crippen molar-refractivity contribution in [1.29, 1.82) is 0 Å². The average molecular weight is 437 g/mol. The predicted octanol–water partition coefficient (Wildman–Crippen LogP) is 3.57. The van der Waals surface area contributed by atoms with Gasteiger partial charge in [0.05, 0.1) is 5.56 Å². The Labute approximate surface area is 184 Å². The molecule has 1 aliphatic carbocycles. The van der Waals surface area contributed by atoms with E-state index in [9.17, 15) is 9.59 Å². The lowest BCUT2D eigenvalue weighted by Crippen LogP contribution is -2.39. The number of aromatic nitrogens is 2. The highest BCUT2D eigenvalue weighted by Crippen LogP contribution is 2.29. The number of pyridine rings is 2. The number of aryl methyl sites for hydroxylation is 1. The SMILES string of the molecule is CNC(=O)c1cc(Oc2ccc3c(c2)CC(NC(=O)c2cccnc2Cl)CC3)ccn1. The summed E-state index contributed by atoms with van der Waals surface area (Å²) in [6.45, 7) is 0. The van der Waals surface area contributed by atoms with Crippen LogP contribution in [0.4, 0.5) is 0 Å². The molecule has 0 bridgehead atoms. The minimum atomic E-state index is -0.275. The van der Waals surface area contributed by atoms with Gasteiger partial charge in [-0.1, -0.05) is 17.7 Å². The number of hydrogen-bond acceptors (Lipinski definition) is 5. The molecule has 31 heavy (non-hydrogen) atoms. The van der Waals surface area contributed by atoms with Gasteiger partial charge in [-0.2, -0.15) is 0 Å². The first-order valence-electron chi connectivity index (χ1n) is 9.92. The molecule has 2 aromatic heterocycles. The molecule has 0 radical (unpaired) electrons. The number of nitrogens with zero attached hydrogens (tertiary/aromatic N) is 2. The first kappa shape index (κ1) is 20.8. The first-order chi connectivity index (χ1) is 15.0. The van der Waals surface area contributed by atoms with Gasteiger partial charge in [0.15, 0.2) is 0 Å². The molecule has 0 saturated carbocycles. The molecule has 158 valence electrons. The van der Waals surface area contributed by atoms with Crippen LogP contribution in [0.25, 0.3) is 0 Å². The maximum Gasteiger partial charge on any atom is 0.269 e. The second kappa shape index (κ2) is 9.14. The first-order valence-corrected chi connectivity index (χ1v) is 10.3. The topological polar surface area (TPSA) is 93.2 Å². The molecule has 2 heterocycles. The van der Waals surface area contributed by atoms with Gasteiger partial charge in [-0.3, -0.25) is 14.6 Å². The Morgan fingerprint density at radius 2 is 1.87 bits per heavy atom. The van der Waals surface area contributed by atoms with Gasteiger partial charge in [0.2, 0.25) is 0 Å². The second-order valence-corrected chi connectivity index (χ2v) is 7.60. The minimum Gasteiger partial charge on any atom is -0.457 e. The summed E-state index contributed by atoms with van der Waals surface area (Å²) in [5.41, 5.74) is 3.01. The lowest BCUT2D eigenvalue weighted by atomic mass is 9.88. The largest absolute Gasteiger partial charge is 0.457 e. The molecule has 0 saturated heterocycles. The normalized spacial score (nSPS) is 15.0. The summed E-state index contributed by atoms with van der Waals surface area (Å²) in [6, 6.07) is 12.6. The summed E-state index contributed by atoms with van der Waals surface area (Å²) in [7, 11) is 1.55. The lowest BCUT2D eigenvalue weighted by Gasteiger charge is -2.26. The van der Waals surface area contributed by atoms with Crippen LogP contribution in [0.1, 0.15) is 38.4 Å². The maximum absolute atomic E-state index is 12.6. The Kier molecular flexibility index (Phi) is 6.13. The zero-order chi connectivity index (χ0) is 21.8. The fraction of sp³-hybridized carbons (Fsp3) is 0.217. The summed E-state index contributed by atoms with van der Waals surface area (Å²) in [5.74, 6) is 0.691. The number of ether oxygens (including phenoxy) is 1. The molecule has 2 amide bonds. The summed E-state index contributed by atoms with van der Waals surface area (Å²) < 4.78 is 5.95. The van der Waals surface area contributed by atoms with Gasteiger partial charge in [0, 0.05) is 31.5 Å². The van der Waals surface area contributed by atoms with Crippen molar-refractivity contribution in [2.45, 2.75) is 25.3 Å². The van der Waals surface area contributed by atoms with Crippen LogP contribution in [-0.2, 0) is 12.8 Å². The lowest BCUT2D eigenvalue weighted by molar-refractivity contribution is 0.0931. The van der Waals surface area contributed by atoms with Crippen LogP contribution in [0.2, 0.25) is 5.15 Å². The number of amides is 2. The van der Waals surface area contributed by atoms with Crippen LogP contribution < -0.4 is 15.4 Å². The number of benzene rings is 1. The highest BCUT2D eigenvalue weighted by atomic mass is 35.5. The number of rotatable bonds is 5. The molecule has 7 nitrogen and oxygen atoms in total. The predicted molar refractivity (Wildman–Crippen MR) is 117 cm³/mol. The highest BCUT2D eigenvalue weighted by Gasteiger charge is 2.22. The summed E-state index contributed by atoms with van der Waals surface area (Å²) in [5, 5.41) is 5.80. The van der Waals surface area contributed by atoms with Crippen molar-refractivity contribution in [2.24, 2.45) is 0 Å². The summed E-state index contributed by atoms with van der Waals surface area (Å²) in [6.07, 6.45) is 5.48. The molecule has 1 aromatic carbocycles. The van der Waals surface area contributed by atoms with Crippen molar-refractivity contribution in [1.82, 2.24) is 20.6 Å². The van der Waals surface area contributed by atoms with E-state index in [0.717, 1.165) is 18.4 Å². The van der Waals surface area contributed by atoms with E-state index in [1.54, 1.807) is 37.5 Å². The van der Waals surface area contributed by atoms with Gasteiger partial charge in [-0.05, 0) is 60.7 Å². The van der Waals surface area contributed by atoms with Crippen molar-refractivity contribution in [2.75, 3.05) is 7.05 Å². The van der Waals surface area contributed by atoms with Crippen molar-refractivity contribution < 1.29 is 14.3 Å². The second-order valence-electron chi connectivity index (χ2n) is 7.24. The third kappa shape index (κ3) is 4.83. The third-order valence-electron chi connectivity index (χ3n) is 5.17. The van der Waals surface area contributed by atoms with E-state index in [-0.39, 0.29) is 28.7 Å². The minimum absolute atomic E-state index is 0.00713. The van der Waals surface area contributed by atoms with Gasteiger partial charge in [0.25, 0.3) is 11.8 Å². The number of nitrogens with one attached hydrogen (secondary N) is 2. The Balaban J connectivity index is 1.46. The van der Waals surface area contributed by atoms with Gasteiger partial charge < -0.3 is 15.4 Å². The van der Waals surface area contributed by atoms with Crippen LogP contribution in [0.3, 0.4) is 0 Å². The average Bonchev–Trinajstić information content (AvgIpc) is 2.78. The fourth-order valence-corrected chi connectivity index (χ4v) is 3.81. The van der Waals surface area contributed by atoms with E-state index in [1.807, 2.05) is 18.2 Å². The maximum atomic E-state index is 12.6. The van der Waals surface area contributed by atoms with E-state index in [2.05, 4.69) is 20.6 Å². The van der Waals surface area contributed by atoms with Gasteiger partial charge in [-0.15, -0.1) is 0 Å². The quantitative estimate of drug-likeness (QED) is 0.596. The van der Waals surface area contributed by atoms with Crippen molar-refractivity contribution in [3.63, 3.8) is 0 Å². The van der Waals surface area contributed by atoms with E-state index < -0.39 is 0 Å². The monoisotopic (exact) mass is 436 g/mol. The van der Waals surface area contributed by atoms with Crippen LogP contribution in [0.5, 0.6) is 11.5 Å². The Morgan fingerprint density at radius 3 is 2.68 bits per heavy atom. The van der Waals surface area contributed by atoms with E-state index in [1.165, 1.54) is 11.8 Å². The van der Waals surface area contributed by atoms with Crippen LogP contribution in [-0.4, -0.2) is 34.9 Å². The standard InChI is InChI=1S/C23H21ClN4O3/c1-25-23(30)20-13-18(8-10-26-20)31-17-7-5-14-4-6-16(11-15(14)12-17)28-22(29)19-3-2-9-27-21(19)24/h2-3,5,7-10,12-13,16H,4,6,11H2,1H3,(H,25,30)(H,28,29). The van der Waals surface area contributed by atoms with Gasteiger partial charge >= 0.3 is 0 Å². The molecular formula is C23H21ClN4O3.